The van der Waals surface area contributed by atoms with Crippen molar-refractivity contribution in [3.63, 3.8) is 0 Å². The van der Waals surface area contributed by atoms with Crippen LogP contribution in [0.15, 0.2) is 30.3 Å². The van der Waals surface area contributed by atoms with Crippen LogP contribution < -0.4 is 4.74 Å². The van der Waals surface area contributed by atoms with E-state index in [1.54, 1.807) is 0 Å². The van der Waals surface area contributed by atoms with Crippen LogP contribution >= 0.6 is 0 Å². The second-order valence-corrected chi connectivity index (χ2v) is 18.5. The molecule has 11 heteroatoms. The third-order valence-electron chi connectivity index (χ3n) is 12.9. The molecule has 1 amide bonds. The minimum atomic E-state index is -1.06. The van der Waals surface area contributed by atoms with Crippen molar-refractivity contribution in [3.05, 3.63) is 30.3 Å². The highest BCUT2D eigenvalue weighted by Crippen LogP contribution is 2.40. The van der Waals surface area contributed by atoms with Crippen molar-refractivity contribution in [3.8, 4) is 5.75 Å². The summed E-state index contributed by atoms with van der Waals surface area (Å²) < 4.78 is 23.2. The van der Waals surface area contributed by atoms with Gasteiger partial charge in [0.05, 0.1) is 30.0 Å². The number of amides is 1. The van der Waals surface area contributed by atoms with Crippen molar-refractivity contribution in [2.75, 3.05) is 33.0 Å². The first-order valence-corrected chi connectivity index (χ1v) is 24.2. The van der Waals surface area contributed by atoms with Gasteiger partial charge in [-0.1, -0.05) is 91.3 Å². The Labute approximate surface area is 374 Å². The van der Waals surface area contributed by atoms with Crippen LogP contribution in [0.1, 0.15) is 184 Å². The average molecular weight is 870 g/mol. The summed E-state index contributed by atoms with van der Waals surface area (Å²) >= 11 is 0. The van der Waals surface area contributed by atoms with E-state index in [2.05, 4.69) is 13.8 Å². The maximum Gasteiger partial charge on any atom is 0.311 e. The molecule has 0 spiro atoms. The Balaban J connectivity index is 2.16. The van der Waals surface area contributed by atoms with E-state index in [0.29, 0.717) is 63.3 Å². The summed E-state index contributed by atoms with van der Waals surface area (Å²) in [6.07, 6.45) is 12.8. The average Bonchev–Trinajstić information content (AvgIpc) is 3.49. The van der Waals surface area contributed by atoms with E-state index in [1.807, 2.05) is 76.8 Å². The van der Waals surface area contributed by atoms with Gasteiger partial charge in [0.2, 0.25) is 5.91 Å². The molecule has 2 rings (SSSR count). The van der Waals surface area contributed by atoms with Crippen molar-refractivity contribution in [1.82, 2.24) is 4.90 Å². The highest BCUT2D eigenvalue weighted by molar-refractivity contribution is 5.83. The van der Waals surface area contributed by atoms with Crippen molar-refractivity contribution >= 4 is 35.4 Å². The molecule has 0 radical (unpaired) electrons. The Hall–Kier alpha value is -3.76. The molecular weight excluding hydrogens is 787 g/mol. The molecular formula is C51H83NO10. The molecule has 0 bridgehead atoms. The van der Waals surface area contributed by atoms with Gasteiger partial charge < -0.3 is 23.8 Å². The first-order valence-electron chi connectivity index (χ1n) is 24.2. The molecule has 6 unspecified atom stereocenters. The minimum absolute atomic E-state index is 0.0477. The van der Waals surface area contributed by atoms with Crippen LogP contribution in [0.2, 0.25) is 0 Å². The quantitative estimate of drug-likeness (QED) is 0.0380. The number of nitrogens with zero attached hydrogens (tertiary/aromatic N) is 1. The predicted molar refractivity (Wildman–Crippen MR) is 243 cm³/mol. The van der Waals surface area contributed by atoms with Gasteiger partial charge in [-0.2, -0.15) is 0 Å². The fourth-order valence-electron chi connectivity index (χ4n) is 8.53. The van der Waals surface area contributed by atoms with Gasteiger partial charge in [0, 0.05) is 44.2 Å². The molecule has 0 aromatic heterocycles. The molecule has 1 aliphatic heterocycles. The number of likely N-dealkylation sites (tertiary alicyclic amines) is 1. The number of hydrogen-bond donors (Lipinski definition) is 0. The molecule has 11 nitrogen and oxygen atoms in total. The van der Waals surface area contributed by atoms with E-state index in [4.69, 9.17) is 18.9 Å². The largest absolute Gasteiger partial charge is 0.493 e. The van der Waals surface area contributed by atoms with Gasteiger partial charge in [0.1, 0.15) is 30.5 Å². The van der Waals surface area contributed by atoms with E-state index in [1.165, 1.54) is 0 Å². The minimum Gasteiger partial charge on any atom is -0.493 e. The van der Waals surface area contributed by atoms with Crippen LogP contribution in [0, 0.1) is 28.6 Å². The summed E-state index contributed by atoms with van der Waals surface area (Å²) in [6.45, 7) is 16.8. The van der Waals surface area contributed by atoms with Gasteiger partial charge in [-0.15, -0.1) is 0 Å². The number of esters is 3. The summed E-state index contributed by atoms with van der Waals surface area (Å²) in [5.41, 5.74) is -1.86. The molecule has 6 atom stereocenters. The molecule has 62 heavy (non-hydrogen) atoms. The van der Waals surface area contributed by atoms with Crippen LogP contribution in [-0.4, -0.2) is 79.3 Å². The Morgan fingerprint density at radius 1 is 0.726 bits per heavy atom. The summed E-state index contributed by atoms with van der Waals surface area (Å²) in [5.74, 6) is -1.21. The number of unbranched alkanes of at least 4 members (excludes halogenated alkanes) is 2. The van der Waals surface area contributed by atoms with Gasteiger partial charge in [-0.25, -0.2) is 0 Å². The fraction of sp³-hybridized carbons (Fsp3) is 0.765. The van der Waals surface area contributed by atoms with Crippen molar-refractivity contribution in [2.45, 2.75) is 190 Å². The molecule has 1 fully saturated rings. The first-order chi connectivity index (χ1) is 29.6. The molecule has 0 saturated carbocycles. The SMILES string of the molecule is CCCCC(=O)C(C)CC(CCC(=O)CCOc1ccccc1)C(=O)OCCOC(=O)C(C)(CCC(C)(CCC)C(=O)OCC(CC)CCCC)CC(C)N1CCCCCC1=O. The number of ketones is 2. The fourth-order valence-corrected chi connectivity index (χ4v) is 8.53. The van der Waals surface area contributed by atoms with Gasteiger partial charge in [0.25, 0.3) is 0 Å². The molecule has 1 heterocycles. The highest BCUT2D eigenvalue weighted by atomic mass is 16.6. The summed E-state index contributed by atoms with van der Waals surface area (Å²) in [4.78, 5) is 82.3. The van der Waals surface area contributed by atoms with E-state index < -0.39 is 28.7 Å². The molecule has 1 saturated heterocycles. The molecule has 352 valence electrons. The summed E-state index contributed by atoms with van der Waals surface area (Å²) in [6, 6.07) is 9.02. The van der Waals surface area contributed by atoms with Crippen LogP contribution in [-0.2, 0) is 43.0 Å². The Bertz CT molecular complexity index is 1500. The smallest absolute Gasteiger partial charge is 0.311 e. The number of carbonyl (C=O) groups excluding carboxylic acids is 6. The lowest BCUT2D eigenvalue weighted by Crippen LogP contribution is -2.44. The normalized spacial score (nSPS) is 17.0. The Morgan fingerprint density at radius 3 is 2.08 bits per heavy atom. The van der Waals surface area contributed by atoms with E-state index in [-0.39, 0.29) is 80.9 Å². The van der Waals surface area contributed by atoms with Gasteiger partial charge in [-0.3, -0.25) is 28.8 Å². The maximum absolute atomic E-state index is 14.2. The number of Topliss-reactive ketones (excluding diaryl/α,β-unsaturated/α-hetero) is 2. The Kier molecular flexibility index (Phi) is 25.9. The van der Waals surface area contributed by atoms with Crippen molar-refractivity contribution < 1.29 is 47.7 Å². The molecule has 1 aromatic carbocycles. The first kappa shape index (κ1) is 54.4. The zero-order valence-electron chi connectivity index (χ0n) is 39.9. The third-order valence-corrected chi connectivity index (χ3v) is 12.9. The third kappa shape index (κ3) is 19.7. The number of benzene rings is 1. The zero-order valence-corrected chi connectivity index (χ0v) is 39.9. The standard InChI is InChI=1S/C51H83NO10/c1-9-13-21-41(12-4)38-62-48(57)50(7,29-11-3)30-31-51(8,37-40(6)52-32-20-16-19-25-46(52)55)49(58)61-35-34-60-47(56)42(36-39(5)45(54)24-14-10-2)26-27-43(53)28-33-59-44-22-17-15-18-23-44/h15,17-18,22-23,39-42H,9-14,16,19-21,24-38H2,1-8H3. The highest BCUT2D eigenvalue weighted by Gasteiger charge is 2.43. The van der Waals surface area contributed by atoms with Crippen LogP contribution in [0.4, 0.5) is 0 Å². The van der Waals surface area contributed by atoms with Crippen molar-refractivity contribution in [2.24, 2.45) is 28.6 Å². The molecule has 0 aliphatic carbocycles. The zero-order chi connectivity index (χ0) is 46.0. The summed E-state index contributed by atoms with van der Waals surface area (Å²) in [7, 11) is 0. The van der Waals surface area contributed by atoms with Gasteiger partial charge >= 0.3 is 17.9 Å². The lowest BCUT2D eigenvalue weighted by Gasteiger charge is -2.37. The number of rotatable bonds is 33. The van der Waals surface area contributed by atoms with E-state index in [9.17, 15) is 28.8 Å². The van der Waals surface area contributed by atoms with Crippen LogP contribution in [0.5, 0.6) is 5.75 Å². The van der Waals surface area contributed by atoms with Gasteiger partial charge in [-0.05, 0) is 103 Å². The van der Waals surface area contributed by atoms with Gasteiger partial charge in [0.15, 0.2) is 0 Å². The topological polar surface area (TPSA) is 143 Å². The molecule has 1 aromatic rings. The van der Waals surface area contributed by atoms with E-state index >= 15 is 0 Å². The molecule has 0 N–H and O–H groups in total. The lowest BCUT2D eigenvalue weighted by atomic mass is 9.72. The number of ether oxygens (including phenoxy) is 4. The lowest BCUT2D eigenvalue weighted by molar-refractivity contribution is -0.165. The predicted octanol–water partition coefficient (Wildman–Crippen LogP) is 10.8. The maximum atomic E-state index is 14.2. The number of hydrogen-bond acceptors (Lipinski definition) is 10. The van der Waals surface area contributed by atoms with E-state index in [0.717, 1.165) is 64.2 Å². The van der Waals surface area contributed by atoms with Crippen LogP contribution in [0.3, 0.4) is 0 Å². The molecule has 1 aliphatic rings. The van der Waals surface area contributed by atoms with Crippen molar-refractivity contribution in [1.29, 1.82) is 0 Å². The Morgan fingerprint density at radius 2 is 1.40 bits per heavy atom. The monoisotopic (exact) mass is 870 g/mol. The summed E-state index contributed by atoms with van der Waals surface area (Å²) in [5, 5.41) is 0. The second kappa shape index (κ2) is 29.6. The number of para-hydroxylation sites is 1. The number of carbonyl (C=O) groups is 6. The second-order valence-electron chi connectivity index (χ2n) is 18.5. The van der Waals surface area contributed by atoms with Crippen LogP contribution in [0.25, 0.3) is 0 Å².